The number of hydrogen-bond acceptors (Lipinski definition) is 7. The third-order valence-corrected chi connectivity index (χ3v) is 5.76. The molecule has 10 nitrogen and oxygen atoms in total. The second kappa shape index (κ2) is 8.56. The highest BCUT2D eigenvalue weighted by Crippen LogP contribution is 2.29. The number of hydrogen-bond donors (Lipinski definition) is 1. The number of nitrogens with zero attached hydrogens (tertiary/aromatic N) is 3. The van der Waals surface area contributed by atoms with Gasteiger partial charge in [0.15, 0.2) is 0 Å². The van der Waals surface area contributed by atoms with Crippen LogP contribution in [0.2, 0.25) is 0 Å². The highest BCUT2D eigenvalue weighted by atomic mass is 32.2. The number of sulfonamides is 1. The summed E-state index contributed by atoms with van der Waals surface area (Å²) < 4.78 is 34.9. The molecule has 11 heteroatoms. The lowest BCUT2D eigenvalue weighted by atomic mass is 10.1. The van der Waals surface area contributed by atoms with Crippen molar-refractivity contribution in [1.29, 1.82) is 0 Å². The lowest BCUT2D eigenvalue weighted by Crippen LogP contribution is -2.18. The van der Waals surface area contributed by atoms with Crippen molar-refractivity contribution in [1.82, 2.24) is 9.78 Å². The Kier molecular flexibility index (Phi) is 6.07. The third-order valence-electron chi connectivity index (χ3n) is 4.43. The summed E-state index contributed by atoms with van der Waals surface area (Å²) in [5, 5.41) is 15.8. The van der Waals surface area contributed by atoms with E-state index in [1.54, 1.807) is 38.1 Å². The molecule has 0 unspecified atom stereocenters. The van der Waals surface area contributed by atoms with Crippen molar-refractivity contribution >= 4 is 27.5 Å². The second-order valence-electron chi connectivity index (χ2n) is 6.62. The first-order valence-electron chi connectivity index (χ1n) is 9.25. The predicted octanol–water partition coefficient (Wildman–Crippen LogP) is 3.37. The average Bonchev–Trinajstić information content (AvgIpc) is 3.07. The SMILES string of the molecule is CCOC(=O)c1cc(S(=O)(=O)Nc2cc(C)nn2-c2ccccc2)cc([N+](=O)[O-])c1C. The Bertz CT molecular complexity index is 1250. The Balaban J connectivity index is 2.09. The van der Waals surface area contributed by atoms with Crippen LogP contribution in [0.1, 0.15) is 28.5 Å². The Labute approximate surface area is 178 Å². The number of aromatic nitrogens is 2. The van der Waals surface area contributed by atoms with Crippen LogP contribution in [0.15, 0.2) is 53.4 Å². The van der Waals surface area contributed by atoms with E-state index in [-0.39, 0.29) is 23.6 Å². The molecule has 0 saturated carbocycles. The summed E-state index contributed by atoms with van der Waals surface area (Å²) in [7, 11) is -4.30. The smallest absolute Gasteiger partial charge is 0.338 e. The first-order chi connectivity index (χ1) is 14.6. The number of carbonyl (C=O) groups excluding carboxylic acids is 1. The molecule has 0 spiro atoms. The molecule has 1 N–H and O–H groups in total. The number of nitrogens with one attached hydrogen (secondary N) is 1. The van der Waals surface area contributed by atoms with Crippen molar-refractivity contribution in [2.75, 3.05) is 11.3 Å². The first kappa shape index (κ1) is 22.0. The summed E-state index contributed by atoms with van der Waals surface area (Å²) in [5.41, 5.74) is 0.509. The summed E-state index contributed by atoms with van der Waals surface area (Å²) >= 11 is 0. The number of carbonyl (C=O) groups is 1. The largest absolute Gasteiger partial charge is 0.462 e. The van der Waals surface area contributed by atoms with Crippen molar-refractivity contribution in [2.24, 2.45) is 0 Å². The summed E-state index contributed by atoms with van der Waals surface area (Å²) in [6, 6.07) is 12.4. The van der Waals surface area contributed by atoms with Crippen molar-refractivity contribution in [2.45, 2.75) is 25.7 Å². The zero-order chi connectivity index (χ0) is 22.8. The van der Waals surface area contributed by atoms with Crippen LogP contribution < -0.4 is 4.72 Å². The Morgan fingerprint density at radius 3 is 2.48 bits per heavy atom. The quantitative estimate of drug-likeness (QED) is 0.335. The zero-order valence-electron chi connectivity index (χ0n) is 17.0. The average molecular weight is 444 g/mol. The van der Waals surface area contributed by atoms with Gasteiger partial charge in [0, 0.05) is 17.7 Å². The topological polar surface area (TPSA) is 133 Å². The number of esters is 1. The molecule has 0 aliphatic heterocycles. The molecule has 0 atom stereocenters. The Morgan fingerprint density at radius 1 is 1.19 bits per heavy atom. The molecule has 0 amide bonds. The normalized spacial score (nSPS) is 11.2. The molecule has 3 rings (SSSR count). The molecule has 1 heterocycles. The van der Waals surface area contributed by atoms with Gasteiger partial charge >= 0.3 is 5.97 Å². The molecule has 0 fully saturated rings. The van der Waals surface area contributed by atoms with Gasteiger partial charge in [-0.05, 0) is 39.0 Å². The fourth-order valence-electron chi connectivity index (χ4n) is 2.97. The summed E-state index contributed by atoms with van der Waals surface area (Å²) in [4.78, 5) is 22.5. The van der Waals surface area contributed by atoms with Crippen LogP contribution in [0.25, 0.3) is 5.69 Å². The van der Waals surface area contributed by atoms with Crippen LogP contribution in [0.4, 0.5) is 11.5 Å². The van der Waals surface area contributed by atoms with Crippen molar-refractivity contribution < 1.29 is 22.9 Å². The van der Waals surface area contributed by atoms with Gasteiger partial charge in [-0.2, -0.15) is 5.10 Å². The number of anilines is 1. The Hall–Kier alpha value is -3.73. The van der Waals surface area contributed by atoms with Gasteiger partial charge in [-0.25, -0.2) is 17.9 Å². The molecule has 3 aromatic rings. The second-order valence-corrected chi connectivity index (χ2v) is 8.30. The van der Waals surface area contributed by atoms with Gasteiger partial charge in [-0.1, -0.05) is 18.2 Å². The molecule has 0 bridgehead atoms. The number of aryl methyl sites for hydroxylation is 1. The zero-order valence-corrected chi connectivity index (χ0v) is 17.8. The predicted molar refractivity (Wildman–Crippen MR) is 113 cm³/mol. The highest BCUT2D eigenvalue weighted by molar-refractivity contribution is 7.92. The molecule has 1 aromatic heterocycles. The van der Waals surface area contributed by atoms with E-state index < -0.39 is 31.5 Å². The number of para-hydroxylation sites is 1. The van der Waals surface area contributed by atoms with E-state index in [4.69, 9.17) is 4.74 Å². The van der Waals surface area contributed by atoms with Crippen molar-refractivity contribution in [3.05, 3.63) is 75.5 Å². The minimum Gasteiger partial charge on any atom is -0.462 e. The maximum absolute atomic E-state index is 13.1. The maximum atomic E-state index is 13.1. The van der Waals surface area contributed by atoms with Gasteiger partial charge in [-0.15, -0.1) is 0 Å². The maximum Gasteiger partial charge on any atom is 0.338 e. The van der Waals surface area contributed by atoms with Gasteiger partial charge in [0.2, 0.25) is 0 Å². The third kappa shape index (κ3) is 4.56. The standard InChI is InChI=1S/C20H20N4O6S/c1-4-30-20(25)17-11-16(12-18(14(17)3)24(26)27)31(28,29)22-19-10-13(2)21-23(19)15-8-6-5-7-9-15/h5-12,22H,4H2,1-3H3. The van der Waals surface area contributed by atoms with Crippen molar-refractivity contribution in [3.8, 4) is 5.69 Å². The van der Waals surface area contributed by atoms with Crippen molar-refractivity contribution in [3.63, 3.8) is 0 Å². The first-order valence-corrected chi connectivity index (χ1v) is 10.7. The van der Waals surface area contributed by atoms with E-state index in [2.05, 4.69) is 9.82 Å². The highest BCUT2D eigenvalue weighted by Gasteiger charge is 2.27. The van der Waals surface area contributed by atoms with Crippen LogP contribution in [-0.2, 0) is 14.8 Å². The summed E-state index contributed by atoms with van der Waals surface area (Å²) in [6.45, 7) is 4.68. The molecule has 0 aliphatic rings. The molecule has 162 valence electrons. The fraction of sp³-hybridized carbons (Fsp3) is 0.200. The lowest BCUT2D eigenvalue weighted by Gasteiger charge is -2.13. The van der Waals surface area contributed by atoms with Gasteiger partial charge in [0.05, 0.1) is 33.4 Å². The lowest BCUT2D eigenvalue weighted by molar-refractivity contribution is -0.385. The minimum absolute atomic E-state index is 0.0209. The molecule has 31 heavy (non-hydrogen) atoms. The summed E-state index contributed by atoms with van der Waals surface area (Å²) in [5.74, 6) is -0.699. The van der Waals surface area contributed by atoms with Crippen LogP contribution in [0.3, 0.4) is 0 Å². The monoisotopic (exact) mass is 444 g/mol. The molecule has 2 aromatic carbocycles. The van der Waals surface area contributed by atoms with E-state index in [0.717, 1.165) is 12.1 Å². The number of benzene rings is 2. The van der Waals surface area contributed by atoms with E-state index in [9.17, 15) is 23.3 Å². The summed E-state index contributed by atoms with van der Waals surface area (Å²) in [6.07, 6.45) is 0. The fourth-order valence-corrected chi connectivity index (χ4v) is 4.05. The van der Waals surface area contributed by atoms with E-state index >= 15 is 0 Å². The van der Waals surface area contributed by atoms with E-state index in [1.165, 1.54) is 17.7 Å². The van der Waals surface area contributed by atoms with Gasteiger partial charge in [0.1, 0.15) is 5.82 Å². The Morgan fingerprint density at radius 2 is 1.87 bits per heavy atom. The van der Waals surface area contributed by atoms with Gasteiger partial charge in [0.25, 0.3) is 15.7 Å². The molecule has 0 radical (unpaired) electrons. The molecular weight excluding hydrogens is 424 g/mol. The number of rotatable bonds is 7. The molecule has 0 saturated heterocycles. The van der Waals surface area contributed by atoms with Gasteiger partial charge in [-0.3, -0.25) is 14.8 Å². The number of ether oxygens (including phenoxy) is 1. The van der Waals surface area contributed by atoms with Crippen LogP contribution >= 0.6 is 0 Å². The number of nitro groups is 1. The van der Waals surface area contributed by atoms with Crippen LogP contribution in [-0.4, -0.2) is 35.7 Å². The van der Waals surface area contributed by atoms with E-state index in [1.807, 2.05) is 6.07 Å². The van der Waals surface area contributed by atoms with E-state index in [0.29, 0.717) is 11.4 Å². The van der Waals surface area contributed by atoms with Crippen LogP contribution in [0, 0.1) is 24.0 Å². The van der Waals surface area contributed by atoms with Gasteiger partial charge < -0.3 is 4.74 Å². The minimum atomic E-state index is -4.30. The molecular formula is C20H20N4O6S. The molecule has 0 aliphatic carbocycles. The number of nitro benzene ring substituents is 1. The van der Waals surface area contributed by atoms with Crippen LogP contribution in [0.5, 0.6) is 0 Å².